The van der Waals surface area contributed by atoms with Gasteiger partial charge in [0.15, 0.2) is 5.96 Å². The van der Waals surface area contributed by atoms with Gasteiger partial charge < -0.3 is 20.3 Å². The van der Waals surface area contributed by atoms with E-state index in [1.54, 1.807) is 7.11 Å². The number of para-hydroxylation sites is 2. The fraction of sp³-hybridized carbons (Fsp3) is 0.480. The standard InChI is InChI=1S/C25H37N5O/c1-19(2)29(4)17-21-11-7-6-10-20(21)16-27-25(26-3)28-22-14-15-30(18-22)23-12-8-9-13-24(23)31-5/h6-13,19,22H,14-18H2,1-5H3,(H2,26,27,28). The molecule has 0 spiro atoms. The van der Waals surface area contributed by atoms with Crippen molar-refractivity contribution in [2.24, 2.45) is 4.99 Å². The highest BCUT2D eigenvalue weighted by atomic mass is 16.5. The number of hydrogen-bond acceptors (Lipinski definition) is 4. The van der Waals surface area contributed by atoms with Crippen LogP contribution in [0.1, 0.15) is 31.4 Å². The number of aliphatic imine (C=N–C) groups is 1. The largest absolute Gasteiger partial charge is 0.495 e. The Morgan fingerprint density at radius 1 is 1.16 bits per heavy atom. The summed E-state index contributed by atoms with van der Waals surface area (Å²) in [5.74, 6) is 1.77. The first kappa shape index (κ1) is 22.9. The highest BCUT2D eigenvalue weighted by Crippen LogP contribution is 2.30. The first-order valence-electron chi connectivity index (χ1n) is 11.1. The van der Waals surface area contributed by atoms with Gasteiger partial charge in [0.2, 0.25) is 0 Å². The van der Waals surface area contributed by atoms with Crippen LogP contribution in [0.25, 0.3) is 0 Å². The van der Waals surface area contributed by atoms with Crippen LogP contribution in [0.3, 0.4) is 0 Å². The molecule has 1 heterocycles. The summed E-state index contributed by atoms with van der Waals surface area (Å²) < 4.78 is 5.53. The second kappa shape index (κ2) is 11.0. The van der Waals surface area contributed by atoms with E-state index in [0.717, 1.165) is 50.0 Å². The van der Waals surface area contributed by atoms with E-state index in [0.29, 0.717) is 12.1 Å². The van der Waals surface area contributed by atoms with Crippen molar-refractivity contribution >= 4 is 11.6 Å². The Kier molecular flexibility index (Phi) is 8.18. The molecule has 2 aromatic rings. The van der Waals surface area contributed by atoms with Crippen LogP contribution in [-0.4, -0.2) is 57.2 Å². The van der Waals surface area contributed by atoms with Gasteiger partial charge in [-0.2, -0.15) is 0 Å². The summed E-state index contributed by atoms with van der Waals surface area (Å²) in [7, 11) is 5.73. The molecule has 6 nitrogen and oxygen atoms in total. The first-order valence-corrected chi connectivity index (χ1v) is 11.1. The molecule has 0 saturated carbocycles. The number of hydrogen-bond donors (Lipinski definition) is 2. The molecule has 2 aromatic carbocycles. The third-order valence-electron chi connectivity index (χ3n) is 6.04. The van der Waals surface area contributed by atoms with Gasteiger partial charge in [-0.1, -0.05) is 36.4 Å². The zero-order valence-electron chi connectivity index (χ0n) is 19.6. The van der Waals surface area contributed by atoms with Crippen LogP contribution in [0.4, 0.5) is 5.69 Å². The minimum atomic E-state index is 0.346. The second-order valence-electron chi connectivity index (χ2n) is 8.45. The molecule has 168 valence electrons. The number of methoxy groups -OCH3 is 1. The summed E-state index contributed by atoms with van der Waals surface area (Å²) >= 11 is 0. The molecule has 0 bridgehead atoms. The molecule has 3 rings (SSSR count). The molecule has 1 aliphatic heterocycles. The fourth-order valence-electron chi connectivity index (χ4n) is 3.89. The molecular weight excluding hydrogens is 386 g/mol. The normalized spacial score (nSPS) is 16.8. The molecule has 1 unspecified atom stereocenters. The van der Waals surface area contributed by atoms with Crippen molar-refractivity contribution in [3.05, 3.63) is 59.7 Å². The van der Waals surface area contributed by atoms with Crippen molar-refractivity contribution in [2.45, 2.75) is 45.4 Å². The summed E-state index contributed by atoms with van der Waals surface area (Å²) in [4.78, 5) is 9.19. The molecule has 2 N–H and O–H groups in total. The minimum absolute atomic E-state index is 0.346. The molecular formula is C25H37N5O. The molecule has 31 heavy (non-hydrogen) atoms. The van der Waals surface area contributed by atoms with Crippen molar-refractivity contribution in [3.63, 3.8) is 0 Å². The third-order valence-corrected chi connectivity index (χ3v) is 6.04. The molecule has 6 heteroatoms. The number of anilines is 1. The van der Waals surface area contributed by atoms with Gasteiger partial charge in [0.25, 0.3) is 0 Å². The number of rotatable bonds is 8. The maximum Gasteiger partial charge on any atom is 0.191 e. The van der Waals surface area contributed by atoms with Gasteiger partial charge in [-0.05, 0) is 50.6 Å². The third kappa shape index (κ3) is 6.14. The predicted octanol–water partition coefficient (Wildman–Crippen LogP) is 3.48. The van der Waals surface area contributed by atoms with E-state index in [1.807, 2.05) is 19.2 Å². The average molecular weight is 424 g/mol. The summed E-state index contributed by atoms with van der Waals surface area (Å²) in [5.41, 5.74) is 3.81. The molecule has 1 atom stereocenters. The van der Waals surface area contributed by atoms with E-state index in [1.165, 1.54) is 11.1 Å². The van der Waals surface area contributed by atoms with Gasteiger partial charge in [-0.15, -0.1) is 0 Å². The van der Waals surface area contributed by atoms with Gasteiger partial charge >= 0.3 is 0 Å². The van der Waals surface area contributed by atoms with Crippen LogP contribution < -0.4 is 20.3 Å². The molecule has 0 aromatic heterocycles. The highest BCUT2D eigenvalue weighted by molar-refractivity contribution is 5.80. The summed E-state index contributed by atoms with van der Waals surface area (Å²) in [6, 6.07) is 17.7. The Hall–Kier alpha value is -2.73. The number of ether oxygens (including phenoxy) is 1. The van der Waals surface area contributed by atoms with Crippen LogP contribution in [0, 0.1) is 0 Å². The number of nitrogens with one attached hydrogen (secondary N) is 2. The fourth-order valence-corrected chi connectivity index (χ4v) is 3.89. The lowest BCUT2D eigenvalue weighted by Gasteiger charge is -2.23. The van der Waals surface area contributed by atoms with Gasteiger partial charge in [0.05, 0.1) is 12.8 Å². The quantitative estimate of drug-likeness (QED) is 0.503. The van der Waals surface area contributed by atoms with E-state index in [2.05, 4.69) is 82.7 Å². The highest BCUT2D eigenvalue weighted by Gasteiger charge is 2.25. The van der Waals surface area contributed by atoms with Gasteiger partial charge in [0.1, 0.15) is 5.75 Å². The first-order chi connectivity index (χ1) is 15.0. The minimum Gasteiger partial charge on any atom is -0.495 e. The van der Waals surface area contributed by atoms with Crippen molar-refractivity contribution in [1.82, 2.24) is 15.5 Å². The lowest BCUT2D eigenvalue weighted by atomic mass is 10.1. The van der Waals surface area contributed by atoms with E-state index < -0.39 is 0 Å². The monoisotopic (exact) mass is 423 g/mol. The predicted molar refractivity (Wildman–Crippen MR) is 130 cm³/mol. The molecule has 1 aliphatic rings. The zero-order chi connectivity index (χ0) is 22.2. The lowest BCUT2D eigenvalue weighted by molar-refractivity contribution is 0.265. The second-order valence-corrected chi connectivity index (χ2v) is 8.45. The Bertz CT molecular complexity index is 866. The van der Waals surface area contributed by atoms with Crippen molar-refractivity contribution in [3.8, 4) is 5.75 Å². The average Bonchev–Trinajstić information content (AvgIpc) is 3.25. The van der Waals surface area contributed by atoms with E-state index in [-0.39, 0.29) is 0 Å². The Morgan fingerprint density at radius 2 is 1.87 bits per heavy atom. The van der Waals surface area contributed by atoms with Crippen molar-refractivity contribution < 1.29 is 4.74 Å². The van der Waals surface area contributed by atoms with Crippen LogP contribution in [0.5, 0.6) is 5.75 Å². The maximum atomic E-state index is 5.53. The molecule has 0 aliphatic carbocycles. The SMILES string of the molecule is CN=C(NCc1ccccc1CN(C)C(C)C)NC1CCN(c2ccccc2OC)C1. The molecule has 1 saturated heterocycles. The summed E-state index contributed by atoms with van der Waals surface area (Å²) in [5, 5.41) is 7.11. The van der Waals surface area contributed by atoms with Gasteiger partial charge in [-0.25, -0.2) is 0 Å². The van der Waals surface area contributed by atoms with E-state index in [9.17, 15) is 0 Å². The van der Waals surface area contributed by atoms with Crippen LogP contribution in [0.2, 0.25) is 0 Å². The summed E-state index contributed by atoms with van der Waals surface area (Å²) in [6.07, 6.45) is 1.06. The van der Waals surface area contributed by atoms with Gasteiger partial charge in [-0.3, -0.25) is 9.89 Å². The Morgan fingerprint density at radius 3 is 2.58 bits per heavy atom. The lowest BCUT2D eigenvalue weighted by Crippen LogP contribution is -2.44. The smallest absolute Gasteiger partial charge is 0.191 e. The van der Waals surface area contributed by atoms with Crippen LogP contribution in [0.15, 0.2) is 53.5 Å². The number of benzene rings is 2. The summed E-state index contributed by atoms with van der Waals surface area (Å²) in [6.45, 7) is 8.07. The number of nitrogens with zero attached hydrogens (tertiary/aromatic N) is 3. The number of guanidine groups is 1. The Balaban J connectivity index is 1.56. The maximum absolute atomic E-state index is 5.53. The molecule has 0 radical (unpaired) electrons. The molecule has 1 fully saturated rings. The van der Waals surface area contributed by atoms with E-state index >= 15 is 0 Å². The van der Waals surface area contributed by atoms with Crippen molar-refractivity contribution in [1.29, 1.82) is 0 Å². The van der Waals surface area contributed by atoms with Crippen LogP contribution in [-0.2, 0) is 13.1 Å². The van der Waals surface area contributed by atoms with Crippen molar-refractivity contribution in [2.75, 3.05) is 39.2 Å². The van der Waals surface area contributed by atoms with E-state index in [4.69, 9.17) is 4.74 Å². The topological polar surface area (TPSA) is 52.1 Å². The van der Waals surface area contributed by atoms with Gasteiger partial charge in [0, 0.05) is 45.3 Å². The van der Waals surface area contributed by atoms with Crippen LogP contribution >= 0.6 is 0 Å². The zero-order valence-corrected chi connectivity index (χ0v) is 19.6. The molecule has 0 amide bonds. The Labute approximate surface area is 187 Å².